The van der Waals surface area contributed by atoms with Gasteiger partial charge in [0, 0.05) is 23.5 Å². The molecular formula is C36H30N2O5. The molecular weight excluding hydrogens is 540 g/mol. The number of fused-ring (bicyclic) bond motifs is 6. The zero-order chi connectivity index (χ0) is 29.9. The van der Waals surface area contributed by atoms with Crippen LogP contribution >= 0.6 is 0 Å². The molecule has 1 fully saturated rings. The number of carbonyl (C=O) groups is 3. The van der Waals surface area contributed by atoms with Crippen LogP contribution in [0.1, 0.15) is 49.0 Å². The van der Waals surface area contributed by atoms with Crippen LogP contribution in [0.2, 0.25) is 0 Å². The van der Waals surface area contributed by atoms with E-state index in [0.717, 1.165) is 16.7 Å². The van der Waals surface area contributed by atoms with E-state index in [-0.39, 0.29) is 23.0 Å². The van der Waals surface area contributed by atoms with E-state index in [0.29, 0.717) is 28.3 Å². The highest BCUT2D eigenvalue weighted by Gasteiger charge is 2.70. The van der Waals surface area contributed by atoms with E-state index in [2.05, 4.69) is 5.32 Å². The molecule has 0 saturated carbocycles. The van der Waals surface area contributed by atoms with Gasteiger partial charge in [-0.25, -0.2) is 0 Å². The Balaban J connectivity index is 1.54. The summed E-state index contributed by atoms with van der Waals surface area (Å²) in [6.45, 7) is 1.96. The van der Waals surface area contributed by atoms with Crippen molar-refractivity contribution in [3.8, 4) is 11.5 Å². The predicted molar refractivity (Wildman–Crippen MR) is 163 cm³/mol. The van der Waals surface area contributed by atoms with Crippen molar-refractivity contribution in [3.63, 3.8) is 0 Å². The molecule has 0 bridgehead atoms. The molecule has 0 unspecified atom stereocenters. The van der Waals surface area contributed by atoms with Gasteiger partial charge in [0.05, 0.1) is 31.7 Å². The van der Waals surface area contributed by atoms with Gasteiger partial charge >= 0.3 is 0 Å². The predicted octanol–water partition coefficient (Wildman–Crippen LogP) is 5.99. The molecule has 7 nitrogen and oxygen atoms in total. The second-order valence-corrected chi connectivity index (χ2v) is 11.2. The molecule has 43 heavy (non-hydrogen) atoms. The molecule has 7 heteroatoms. The first-order valence-corrected chi connectivity index (χ1v) is 14.2. The number of nitrogens with zero attached hydrogens (tertiary/aromatic N) is 1. The lowest BCUT2D eigenvalue weighted by atomic mass is 9.62. The van der Waals surface area contributed by atoms with Gasteiger partial charge in [-0.15, -0.1) is 0 Å². The van der Waals surface area contributed by atoms with Gasteiger partial charge in [-0.1, -0.05) is 72.3 Å². The number of rotatable bonds is 6. The monoisotopic (exact) mass is 570 g/mol. The van der Waals surface area contributed by atoms with Crippen molar-refractivity contribution in [2.75, 3.05) is 19.5 Å². The summed E-state index contributed by atoms with van der Waals surface area (Å²) in [4.78, 5) is 46.3. The third-order valence-corrected chi connectivity index (χ3v) is 9.13. The van der Waals surface area contributed by atoms with E-state index in [9.17, 15) is 9.59 Å². The Labute approximate surface area is 249 Å². The number of hydrogen-bond donors (Lipinski definition) is 1. The Bertz CT molecular complexity index is 1830. The zero-order valence-corrected chi connectivity index (χ0v) is 24.0. The van der Waals surface area contributed by atoms with Gasteiger partial charge in [0.25, 0.3) is 0 Å². The van der Waals surface area contributed by atoms with Gasteiger partial charge in [-0.2, -0.15) is 0 Å². The number of carbonyl (C=O) groups excluding carboxylic acids is 3. The summed E-state index contributed by atoms with van der Waals surface area (Å²) in [5.41, 5.74) is 3.53. The number of para-hydroxylation sites is 1. The van der Waals surface area contributed by atoms with Crippen LogP contribution in [0.15, 0.2) is 97.2 Å². The number of Topliss-reactive ketones (excluding diaryl/α,β-unsaturated/α-hetero) is 2. The normalized spacial score (nSPS) is 22.9. The number of amides is 1. The number of hydrogen-bond acceptors (Lipinski definition) is 6. The fourth-order valence-corrected chi connectivity index (χ4v) is 7.23. The standard InChI is InChI=1S/C36H30N2O5/c1-21-12-14-23(15-13-21)32(39)31-30(33(40)26-17-16-24(42-2)20-29(26)43-3)36(27-10-6-7-11-28(27)37-35(36)41)34-25-9-5-4-8-22(25)18-19-38(31)34/h4-20,30-31,34H,1-3H3,(H,37,41)/t30-,31+,34-,36+/m1/s1. The summed E-state index contributed by atoms with van der Waals surface area (Å²) in [5, 5.41) is 3.08. The first kappa shape index (κ1) is 26.7. The largest absolute Gasteiger partial charge is 0.497 e. The SMILES string of the molecule is COc1ccc(C(=O)[C@H]2[C@@H](C(=O)c3ccc(C)cc3)N3C=Cc4ccccc4[C@@H]3[C@@]23C(=O)Nc2ccccc23)c(OC)c1. The Kier molecular flexibility index (Phi) is 6.20. The lowest BCUT2D eigenvalue weighted by Gasteiger charge is -2.38. The highest BCUT2D eigenvalue weighted by Crippen LogP contribution is 2.62. The maximum absolute atomic E-state index is 15.1. The van der Waals surface area contributed by atoms with Crippen molar-refractivity contribution >= 4 is 29.2 Å². The molecule has 4 aromatic carbocycles. The summed E-state index contributed by atoms with van der Waals surface area (Å²) in [7, 11) is 3.03. The van der Waals surface area contributed by atoms with Gasteiger partial charge in [0.2, 0.25) is 5.91 Å². The maximum Gasteiger partial charge on any atom is 0.238 e. The van der Waals surface area contributed by atoms with Crippen molar-refractivity contribution in [1.82, 2.24) is 4.90 Å². The number of anilines is 1. The minimum atomic E-state index is -1.41. The summed E-state index contributed by atoms with van der Waals surface area (Å²) in [5.74, 6) is -1.13. The van der Waals surface area contributed by atoms with E-state index in [1.54, 1.807) is 37.4 Å². The zero-order valence-electron chi connectivity index (χ0n) is 24.0. The molecule has 1 amide bonds. The Morgan fingerprint density at radius 2 is 1.60 bits per heavy atom. The molecule has 3 heterocycles. The number of nitrogens with one attached hydrogen (secondary N) is 1. The molecule has 3 aliphatic heterocycles. The van der Waals surface area contributed by atoms with Crippen molar-refractivity contribution in [1.29, 1.82) is 0 Å². The first-order chi connectivity index (χ1) is 20.9. The van der Waals surface area contributed by atoms with Crippen LogP contribution in [-0.2, 0) is 10.2 Å². The van der Waals surface area contributed by atoms with Crippen LogP contribution in [0.25, 0.3) is 6.08 Å². The second-order valence-electron chi connectivity index (χ2n) is 11.2. The quantitative estimate of drug-likeness (QED) is 0.287. The molecule has 214 valence electrons. The molecule has 0 radical (unpaired) electrons. The molecule has 1 saturated heterocycles. The van der Waals surface area contributed by atoms with Gasteiger partial charge < -0.3 is 19.7 Å². The fourth-order valence-electron chi connectivity index (χ4n) is 7.23. The third kappa shape index (κ3) is 3.77. The van der Waals surface area contributed by atoms with Crippen LogP contribution in [-0.4, -0.2) is 42.6 Å². The van der Waals surface area contributed by atoms with Crippen LogP contribution in [0, 0.1) is 12.8 Å². The smallest absolute Gasteiger partial charge is 0.238 e. The number of ketones is 2. The van der Waals surface area contributed by atoms with Gasteiger partial charge in [0.1, 0.15) is 23.0 Å². The van der Waals surface area contributed by atoms with Crippen molar-refractivity contribution in [3.05, 3.63) is 131 Å². The van der Waals surface area contributed by atoms with Gasteiger partial charge in [0.15, 0.2) is 11.6 Å². The summed E-state index contributed by atoms with van der Waals surface area (Å²) < 4.78 is 11.1. The first-order valence-electron chi connectivity index (χ1n) is 14.2. The molecule has 4 atom stereocenters. The second kappa shape index (κ2) is 9.98. The van der Waals surface area contributed by atoms with Crippen LogP contribution in [0.5, 0.6) is 11.5 Å². The van der Waals surface area contributed by atoms with Gasteiger partial charge in [-0.05, 0) is 47.9 Å². The van der Waals surface area contributed by atoms with E-state index in [1.807, 2.05) is 84.8 Å². The van der Waals surface area contributed by atoms with E-state index >= 15 is 4.79 Å². The van der Waals surface area contributed by atoms with Crippen LogP contribution in [0.4, 0.5) is 5.69 Å². The molecule has 1 N–H and O–H groups in total. The Morgan fingerprint density at radius 1 is 0.860 bits per heavy atom. The van der Waals surface area contributed by atoms with Crippen molar-refractivity contribution in [2.45, 2.75) is 24.4 Å². The molecule has 3 aliphatic rings. The van der Waals surface area contributed by atoms with E-state index < -0.39 is 23.4 Å². The summed E-state index contributed by atoms with van der Waals surface area (Å²) in [6.07, 6.45) is 3.83. The van der Waals surface area contributed by atoms with E-state index in [4.69, 9.17) is 9.47 Å². The minimum Gasteiger partial charge on any atom is -0.497 e. The molecule has 0 aromatic heterocycles. The summed E-state index contributed by atoms with van der Waals surface area (Å²) in [6, 6.07) is 26.1. The molecule has 0 aliphatic carbocycles. The fraction of sp³-hybridized carbons (Fsp3) is 0.194. The molecule has 1 spiro atoms. The number of methoxy groups -OCH3 is 2. The van der Waals surface area contributed by atoms with Crippen LogP contribution in [0.3, 0.4) is 0 Å². The minimum absolute atomic E-state index is 0.228. The average molecular weight is 571 g/mol. The van der Waals surface area contributed by atoms with E-state index in [1.165, 1.54) is 7.11 Å². The molecule has 4 aromatic rings. The average Bonchev–Trinajstić information content (AvgIpc) is 3.52. The lowest BCUT2D eigenvalue weighted by Crippen LogP contribution is -2.49. The van der Waals surface area contributed by atoms with Crippen molar-refractivity contribution < 1.29 is 23.9 Å². The maximum atomic E-state index is 15.1. The Hall–Kier alpha value is -5.17. The number of benzene rings is 4. The number of ether oxygens (including phenoxy) is 2. The molecule has 7 rings (SSSR count). The lowest BCUT2D eigenvalue weighted by molar-refractivity contribution is -0.122. The number of aryl methyl sites for hydroxylation is 1. The highest BCUT2D eigenvalue weighted by molar-refractivity contribution is 6.17. The third-order valence-electron chi connectivity index (χ3n) is 9.13. The topological polar surface area (TPSA) is 84.9 Å². The van der Waals surface area contributed by atoms with Gasteiger partial charge in [-0.3, -0.25) is 14.4 Å². The van der Waals surface area contributed by atoms with Crippen LogP contribution < -0.4 is 14.8 Å². The van der Waals surface area contributed by atoms with Crippen molar-refractivity contribution in [2.24, 2.45) is 5.92 Å². The summed E-state index contributed by atoms with van der Waals surface area (Å²) >= 11 is 0. The Morgan fingerprint density at radius 3 is 2.37 bits per heavy atom. The highest BCUT2D eigenvalue weighted by atomic mass is 16.5.